The van der Waals surface area contributed by atoms with E-state index in [1.165, 1.54) is 29.7 Å². The third-order valence-corrected chi connectivity index (χ3v) is 7.34. The summed E-state index contributed by atoms with van der Waals surface area (Å²) in [6.45, 7) is 7.50. The van der Waals surface area contributed by atoms with E-state index in [1.807, 2.05) is 12.1 Å². The minimum Gasteiger partial charge on any atom is -0.496 e. The standard InChI is InChI=1S/C27H36N2O2.C4H4O4/c1-3-28(20-22-11-4-5-12-26(22)31-2)15-7-6-10-21-18-23-19-24(29-16-8-9-17-29)13-14-25(23)27(21)30;5-3(6)1-2-4(7)8/h4-5,11-14,19,21H,3,6-10,15-18,20H2,1-2H3;1-2H,(H,5,6)(H,7,8). The van der Waals surface area contributed by atoms with E-state index in [9.17, 15) is 14.4 Å². The van der Waals surface area contributed by atoms with Crippen LogP contribution in [0.15, 0.2) is 54.6 Å². The fourth-order valence-electron chi connectivity index (χ4n) is 5.26. The molecular weight excluding hydrogens is 496 g/mol. The second kappa shape index (κ2) is 15.1. The van der Waals surface area contributed by atoms with Gasteiger partial charge in [0.1, 0.15) is 5.75 Å². The van der Waals surface area contributed by atoms with E-state index in [4.69, 9.17) is 14.9 Å². The number of anilines is 1. The Morgan fingerprint density at radius 3 is 2.38 bits per heavy atom. The number of ketones is 1. The van der Waals surface area contributed by atoms with Crippen LogP contribution in [0.5, 0.6) is 5.75 Å². The highest BCUT2D eigenvalue weighted by Gasteiger charge is 2.30. The second-order valence-corrected chi connectivity index (χ2v) is 9.99. The number of carbonyl (C=O) groups excluding carboxylic acids is 1. The topological polar surface area (TPSA) is 107 Å². The Kier molecular flexibility index (Phi) is 11.6. The Morgan fingerprint density at radius 2 is 1.74 bits per heavy atom. The van der Waals surface area contributed by atoms with E-state index >= 15 is 0 Å². The maximum absolute atomic E-state index is 12.9. The molecule has 8 heteroatoms. The van der Waals surface area contributed by atoms with Gasteiger partial charge in [-0.2, -0.15) is 0 Å². The fourth-order valence-corrected chi connectivity index (χ4v) is 5.26. The third-order valence-electron chi connectivity index (χ3n) is 7.34. The Labute approximate surface area is 230 Å². The number of ether oxygens (including phenoxy) is 1. The maximum Gasteiger partial charge on any atom is 0.328 e. The lowest BCUT2D eigenvalue weighted by molar-refractivity contribution is -0.134. The number of Topliss-reactive ketones (excluding diaryl/α,β-unsaturated/α-hetero) is 1. The number of fused-ring (bicyclic) bond motifs is 1. The molecule has 4 rings (SSSR count). The lowest BCUT2D eigenvalue weighted by Crippen LogP contribution is -2.24. The molecule has 1 aliphatic carbocycles. The van der Waals surface area contributed by atoms with E-state index in [-0.39, 0.29) is 5.92 Å². The van der Waals surface area contributed by atoms with Crippen molar-refractivity contribution in [2.24, 2.45) is 5.92 Å². The number of carboxylic acid groups (broad SMARTS) is 2. The van der Waals surface area contributed by atoms with Gasteiger partial charge in [0.15, 0.2) is 5.78 Å². The molecule has 0 bridgehead atoms. The summed E-state index contributed by atoms with van der Waals surface area (Å²) in [5.41, 5.74) is 4.78. The zero-order valence-corrected chi connectivity index (χ0v) is 23.0. The van der Waals surface area contributed by atoms with Gasteiger partial charge in [-0.25, -0.2) is 9.59 Å². The van der Waals surface area contributed by atoms with E-state index < -0.39 is 11.9 Å². The number of carbonyl (C=O) groups is 3. The first-order valence-corrected chi connectivity index (χ1v) is 13.7. The highest BCUT2D eigenvalue weighted by Crippen LogP contribution is 2.33. The van der Waals surface area contributed by atoms with Gasteiger partial charge in [0.05, 0.1) is 7.11 Å². The highest BCUT2D eigenvalue weighted by atomic mass is 16.5. The largest absolute Gasteiger partial charge is 0.496 e. The molecule has 1 atom stereocenters. The van der Waals surface area contributed by atoms with Crippen molar-refractivity contribution < 1.29 is 29.3 Å². The predicted molar refractivity (Wildman–Crippen MR) is 152 cm³/mol. The molecule has 8 nitrogen and oxygen atoms in total. The molecule has 1 saturated heterocycles. The lowest BCUT2D eigenvalue weighted by Gasteiger charge is -2.22. The first-order valence-electron chi connectivity index (χ1n) is 13.7. The minimum atomic E-state index is -1.26. The molecule has 2 aliphatic rings. The van der Waals surface area contributed by atoms with Crippen molar-refractivity contribution in [1.29, 1.82) is 0 Å². The molecule has 0 aromatic heterocycles. The molecule has 0 amide bonds. The summed E-state index contributed by atoms with van der Waals surface area (Å²) in [6, 6.07) is 14.8. The van der Waals surface area contributed by atoms with Crippen LogP contribution in [0.3, 0.4) is 0 Å². The zero-order chi connectivity index (χ0) is 28.2. The Balaban J connectivity index is 0.000000459. The summed E-state index contributed by atoms with van der Waals surface area (Å²) in [5, 5.41) is 15.6. The van der Waals surface area contributed by atoms with Gasteiger partial charge in [-0.3, -0.25) is 9.69 Å². The number of para-hydroxylation sites is 1. The van der Waals surface area contributed by atoms with Crippen molar-refractivity contribution in [1.82, 2.24) is 4.90 Å². The van der Waals surface area contributed by atoms with Gasteiger partial charge in [-0.05, 0) is 75.0 Å². The van der Waals surface area contributed by atoms with Gasteiger partial charge >= 0.3 is 11.9 Å². The van der Waals surface area contributed by atoms with Gasteiger partial charge in [0.2, 0.25) is 0 Å². The Morgan fingerprint density at radius 1 is 1.05 bits per heavy atom. The molecule has 1 aliphatic heterocycles. The van der Waals surface area contributed by atoms with Crippen LogP contribution in [0.4, 0.5) is 5.69 Å². The van der Waals surface area contributed by atoms with Crippen LogP contribution in [-0.2, 0) is 22.6 Å². The van der Waals surface area contributed by atoms with Crippen LogP contribution in [0.1, 0.15) is 60.5 Å². The number of hydrogen-bond acceptors (Lipinski definition) is 6. The summed E-state index contributed by atoms with van der Waals surface area (Å²) in [5.74, 6) is -1.01. The van der Waals surface area contributed by atoms with E-state index in [1.54, 1.807) is 7.11 Å². The molecule has 1 unspecified atom stereocenters. The summed E-state index contributed by atoms with van der Waals surface area (Å²) in [4.78, 5) is 36.9. The minimum absolute atomic E-state index is 0.174. The first kappa shape index (κ1) is 29.9. The molecule has 2 N–H and O–H groups in total. The van der Waals surface area contributed by atoms with Crippen molar-refractivity contribution in [3.63, 3.8) is 0 Å². The van der Waals surface area contributed by atoms with Crippen molar-refractivity contribution in [2.75, 3.05) is 38.2 Å². The predicted octanol–water partition coefficient (Wildman–Crippen LogP) is 5.05. The molecule has 0 spiro atoms. The average molecular weight is 537 g/mol. The van der Waals surface area contributed by atoms with Crippen molar-refractivity contribution >= 4 is 23.4 Å². The van der Waals surface area contributed by atoms with Crippen LogP contribution in [0.25, 0.3) is 0 Å². The summed E-state index contributed by atoms with van der Waals surface area (Å²) in [6.07, 6.45) is 7.83. The number of hydrogen-bond donors (Lipinski definition) is 2. The Hall–Kier alpha value is -3.65. The number of carboxylic acids is 2. The van der Waals surface area contributed by atoms with Crippen LogP contribution in [0.2, 0.25) is 0 Å². The molecule has 0 saturated carbocycles. The van der Waals surface area contributed by atoms with Crippen molar-refractivity contribution in [3.8, 4) is 5.75 Å². The van der Waals surface area contributed by atoms with Crippen LogP contribution >= 0.6 is 0 Å². The zero-order valence-electron chi connectivity index (χ0n) is 23.0. The van der Waals surface area contributed by atoms with Gasteiger partial charge < -0.3 is 19.8 Å². The van der Waals surface area contributed by atoms with E-state index in [0.717, 1.165) is 69.7 Å². The molecule has 210 valence electrons. The highest BCUT2D eigenvalue weighted by molar-refractivity contribution is 6.02. The normalized spacial score (nSPS) is 16.3. The molecule has 2 aromatic rings. The number of methoxy groups -OCH3 is 1. The SMILES string of the molecule is CCN(CCCCC1Cc2cc(N3CCCC3)ccc2C1=O)Cc1ccccc1OC.O=C(O)C=CC(=O)O. The first-order chi connectivity index (χ1) is 18.8. The van der Waals surface area contributed by atoms with Crippen LogP contribution in [-0.4, -0.2) is 66.1 Å². The quantitative estimate of drug-likeness (QED) is 0.287. The fraction of sp³-hybridized carbons (Fsp3) is 0.452. The van der Waals surface area contributed by atoms with Gasteiger partial charge in [-0.1, -0.05) is 31.5 Å². The summed E-state index contributed by atoms with van der Waals surface area (Å²) in [7, 11) is 1.74. The van der Waals surface area contributed by atoms with E-state index in [2.05, 4.69) is 47.1 Å². The molecule has 39 heavy (non-hydrogen) atoms. The number of unbranched alkanes of at least 4 members (excludes halogenated alkanes) is 1. The molecule has 1 fully saturated rings. The smallest absolute Gasteiger partial charge is 0.328 e. The van der Waals surface area contributed by atoms with Crippen molar-refractivity contribution in [2.45, 2.75) is 52.0 Å². The average Bonchev–Trinajstić information content (AvgIpc) is 3.58. The summed E-state index contributed by atoms with van der Waals surface area (Å²) < 4.78 is 5.50. The molecule has 1 heterocycles. The third kappa shape index (κ3) is 8.96. The second-order valence-electron chi connectivity index (χ2n) is 9.99. The van der Waals surface area contributed by atoms with Crippen LogP contribution in [0, 0.1) is 5.92 Å². The number of benzene rings is 2. The van der Waals surface area contributed by atoms with E-state index in [0.29, 0.717) is 17.9 Å². The monoisotopic (exact) mass is 536 g/mol. The summed E-state index contributed by atoms with van der Waals surface area (Å²) >= 11 is 0. The Bertz CT molecular complexity index is 1140. The number of aliphatic carboxylic acids is 2. The molecule has 0 radical (unpaired) electrons. The molecule has 2 aromatic carbocycles. The van der Waals surface area contributed by atoms with Gasteiger partial charge in [0, 0.05) is 54.5 Å². The maximum atomic E-state index is 12.9. The van der Waals surface area contributed by atoms with Gasteiger partial charge in [0.25, 0.3) is 0 Å². The number of rotatable bonds is 12. The number of nitrogens with zero attached hydrogens (tertiary/aromatic N) is 2. The van der Waals surface area contributed by atoms with Crippen LogP contribution < -0.4 is 9.64 Å². The lowest BCUT2D eigenvalue weighted by atomic mass is 9.98. The van der Waals surface area contributed by atoms with Gasteiger partial charge in [-0.15, -0.1) is 0 Å². The molecular formula is C31H40N2O6. The van der Waals surface area contributed by atoms with Crippen molar-refractivity contribution in [3.05, 3.63) is 71.3 Å².